The van der Waals surface area contributed by atoms with Crippen LogP contribution in [0.5, 0.6) is 0 Å². The van der Waals surface area contributed by atoms with Gasteiger partial charge in [-0.25, -0.2) is 0 Å². The number of carbonyl (C=O) groups excluding carboxylic acids is 2. The molecule has 4 rings (SSSR count). The Morgan fingerprint density at radius 3 is 2.50 bits per heavy atom. The molecule has 0 spiro atoms. The Morgan fingerprint density at radius 2 is 1.75 bits per heavy atom. The summed E-state index contributed by atoms with van der Waals surface area (Å²) in [6.07, 6.45) is -0.224. The number of benzene rings is 1. The number of oxime groups is 1. The van der Waals surface area contributed by atoms with Crippen molar-refractivity contribution in [1.29, 1.82) is 0 Å². The summed E-state index contributed by atoms with van der Waals surface area (Å²) in [7, 11) is 0. The minimum atomic E-state index is -0.224. The van der Waals surface area contributed by atoms with E-state index in [0.29, 0.717) is 50.7 Å². The SMILES string of the molecule is O=C(C1=NO[C@@H]2CN(C(=O)c3ccccc3)C[C@H]12)N1CCOCC1. The van der Waals surface area contributed by atoms with Crippen LogP contribution in [0.1, 0.15) is 10.4 Å². The van der Waals surface area contributed by atoms with E-state index >= 15 is 0 Å². The first-order valence-corrected chi connectivity index (χ1v) is 8.19. The Labute approximate surface area is 139 Å². The second-order valence-corrected chi connectivity index (χ2v) is 6.21. The molecule has 3 aliphatic heterocycles. The van der Waals surface area contributed by atoms with Gasteiger partial charge in [0.05, 0.1) is 25.7 Å². The van der Waals surface area contributed by atoms with Gasteiger partial charge in [-0.2, -0.15) is 0 Å². The van der Waals surface area contributed by atoms with Crippen LogP contribution in [0.4, 0.5) is 0 Å². The molecule has 2 saturated heterocycles. The van der Waals surface area contributed by atoms with Gasteiger partial charge in [-0.1, -0.05) is 23.4 Å². The monoisotopic (exact) mass is 329 g/mol. The molecule has 1 aromatic carbocycles. The molecular weight excluding hydrogens is 310 g/mol. The summed E-state index contributed by atoms with van der Waals surface area (Å²) in [6, 6.07) is 9.16. The molecule has 2 amide bonds. The van der Waals surface area contributed by atoms with Gasteiger partial charge in [0.1, 0.15) is 0 Å². The molecule has 1 aromatic rings. The summed E-state index contributed by atoms with van der Waals surface area (Å²) in [6.45, 7) is 3.16. The number of carbonyl (C=O) groups is 2. The van der Waals surface area contributed by atoms with E-state index in [1.807, 2.05) is 18.2 Å². The van der Waals surface area contributed by atoms with Crippen LogP contribution in [-0.2, 0) is 14.4 Å². The van der Waals surface area contributed by atoms with E-state index in [1.165, 1.54) is 0 Å². The first kappa shape index (κ1) is 15.1. The number of ether oxygens (including phenoxy) is 1. The summed E-state index contributed by atoms with van der Waals surface area (Å²) in [5, 5.41) is 4.01. The van der Waals surface area contributed by atoms with Crippen LogP contribution in [0.25, 0.3) is 0 Å². The molecule has 3 heterocycles. The van der Waals surface area contributed by atoms with Crippen LogP contribution < -0.4 is 0 Å². The fourth-order valence-electron chi connectivity index (χ4n) is 3.39. The van der Waals surface area contributed by atoms with Crippen molar-refractivity contribution in [2.45, 2.75) is 6.10 Å². The van der Waals surface area contributed by atoms with Crippen molar-refractivity contribution in [2.75, 3.05) is 39.4 Å². The summed E-state index contributed by atoms with van der Waals surface area (Å²) in [5.41, 5.74) is 1.08. The summed E-state index contributed by atoms with van der Waals surface area (Å²) >= 11 is 0. The summed E-state index contributed by atoms with van der Waals surface area (Å²) in [5.74, 6) is -0.278. The highest BCUT2D eigenvalue weighted by Gasteiger charge is 2.47. The fourth-order valence-corrected chi connectivity index (χ4v) is 3.39. The van der Waals surface area contributed by atoms with Crippen molar-refractivity contribution in [3.8, 4) is 0 Å². The Hall–Kier alpha value is -2.41. The average molecular weight is 329 g/mol. The van der Waals surface area contributed by atoms with Crippen molar-refractivity contribution in [3.05, 3.63) is 35.9 Å². The van der Waals surface area contributed by atoms with E-state index in [0.717, 1.165) is 0 Å². The van der Waals surface area contributed by atoms with Crippen LogP contribution >= 0.6 is 0 Å². The molecule has 0 N–H and O–H groups in total. The lowest BCUT2D eigenvalue weighted by Gasteiger charge is -2.27. The van der Waals surface area contributed by atoms with Gasteiger partial charge in [-0.15, -0.1) is 0 Å². The Balaban J connectivity index is 1.45. The van der Waals surface area contributed by atoms with Gasteiger partial charge in [0.25, 0.3) is 11.8 Å². The van der Waals surface area contributed by atoms with Gasteiger partial charge in [0, 0.05) is 25.2 Å². The zero-order chi connectivity index (χ0) is 16.5. The predicted octanol–water partition coefficient (Wildman–Crippen LogP) is 0.372. The molecule has 24 heavy (non-hydrogen) atoms. The van der Waals surface area contributed by atoms with E-state index in [4.69, 9.17) is 9.57 Å². The summed E-state index contributed by atoms with van der Waals surface area (Å²) < 4.78 is 5.28. The van der Waals surface area contributed by atoms with Gasteiger partial charge >= 0.3 is 0 Å². The van der Waals surface area contributed by atoms with Crippen molar-refractivity contribution >= 4 is 17.5 Å². The average Bonchev–Trinajstić information content (AvgIpc) is 3.22. The quantitative estimate of drug-likeness (QED) is 0.786. The predicted molar refractivity (Wildman–Crippen MR) is 85.5 cm³/mol. The molecule has 126 valence electrons. The molecular formula is C17H19N3O4. The first-order valence-electron chi connectivity index (χ1n) is 8.19. The van der Waals surface area contributed by atoms with Crippen LogP contribution in [0.2, 0.25) is 0 Å². The largest absolute Gasteiger partial charge is 0.389 e. The maximum atomic E-state index is 12.6. The standard InChI is InChI=1S/C17H19N3O4/c21-16(12-4-2-1-3-5-12)20-10-13-14(11-20)24-18-15(13)17(22)19-6-8-23-9-7-19/h1-5,13-14H,6-11H2/t13-,14+/m0/s1. The van der Waals surface area contributed by atoms with Crippen molar-refractivity contribution < 1.29 is 19.2 Å². The molecule has 2 fully saturated rings. The Bertz CT molecular complexity index is 670. The number of likely N-dealkylation sites (tertiary alicyclic amines) is 1. The highest BCUT2D eigenvalue weighted by atomic mass is 16.6. The van der Waals surface area contributed by atoms with Gasteiger partial charge in [0.2, 0.25) is 0 Å². The van der Waals surface area contributed by atoms with Crippen LogP contribution in [-0.4, -0.2) is 72.8 Å². The van der Waals surface area contributed by atoms with E-state index < -0.39 is 0 Å². The minimum Gasteiger partial charge on any atom is -0.389 e. The van der Waals surface area contributed by atoms with Crippen LogP contribution in [0.3, 0.4) is 0 Å². The molecule has 3 aliphatic rings. The topological polar surface area (TPSA) is 71.4 Å². The second kappa shape index (κ2) is 6.24. The number of hydrogen-bond donors (Lipinski definition) is 0. The Kier molecular flexibility index (Phi) is 3.93. The van der Waals surface area contributed by atoms with E-state index in [-0.39, 0.29) is 23.8 Å². The molecule has 0 aromatic heterocycles. The normalized spacial score (nSPS) is 25.9. The van der Waals surface area contributed by atoms with Gasteiger partial charge < -0.3 is 19.4 Å². The number of amides is 2. The summed E-state index contributed by atoms with van der Waals surface area (Å²) in [4.78, 5) is 34.1. The molecule has 0 aliphatic carbocycles. The number of hydrogen-bond acceptors (Lipinski definition) is 5. The maximum Gasteiger partial charge on any atom is 0.272 e. The third-order valence-electron chi connectivity index (χ3n) is 4.73. The highest BCUT2D eigenvalue weighted by molar-refractivity contribution is 6.40. The second-order valence-electron chi connectivity index (χ2n) is 6.21. The van der Waals surface area contributed by atoms with Crippen LogP contribution in [0.15, 0.2) is 35.5 Å². The smallest absolute Gasteiger partial charge is 0.272 e. The van der Waals surface area contributed by atoms with Gasteiger partial charge in [-0.05, 0) is 12.1 Å². The third kappa shape index (κ3) is 2.65. The molecule has 0 unspecified atom stereocenters. The molecule has 0 saturated carbocycles. The van der Waals surface area contributed by atoms with E-state index in [2.05, 4.69) is 5.16 Å². The van der Waals surface area contributed by atoms with Crippen molar-refractivity contribution in [1.82, 2.24) is 9.80 Å². The van der Waals surface area contributed by atoms with Crippen LogP contribution in [0, 0.1) is 5.92 Å². The first-order chi connectivity index (χ1) is 11.7. The third-order valence-corrected chi connectivity index (χ3v) is 4.73. The lowest BCUT2D eigenvalue weighted by atomic mass is 10.00. The van der Waals surface area contributed by atoms with Crippen molar-refractivity contribution in [3.63, 3.8) is 0 Å². The fraction of sp³-hybridized carbons (Fsp3) is 0.471. The number of fused-ring (bicyclic) bond motifs is 1. The number of nitrogens with zero attached hydrogens (tertiary/aromatic N) is 3. The van der Waals surface area contributed by atoms with E-state index in [1.54, 1.807) is 21.9 Å². The van der Waals surface area contributed by atoms with Gasteiger partial charge in [-0.3, -0.25) is 9.59 Å². The molecule has 2 atom stereocenters. The molecule has 7 heteroatoms. The zero-order valence-electron chi connectivity index (χ0n) is 13.3. The molecule has 7 nitrogen and oxygen atoms in total. The number of rotatable bonds is 2. The Morgan fingerprint density at radius 1 is 1.00 bits per heavy atom. The minimum absolute atomic E-state index is 0.0354. The lowest BCUT2D eigenvalue weighted by Crippen LogP contribution is -2.46. The molecule has 0 bridgehead atoms. The highest BCUT2D eigenvalue weighted by Crippen LogP contribution is 2.29. The number of morpholine rings is 1. The van der Waals surface area contributed by atoms with Crippen molar-refractivity contribution in [2.24, 2.45) is 11.1 Å². The molecule has 0 radical (unpaired) electrons. The zero-order valence-corrected chi connectivity index (χ0v) is 13.3. The maximum absolute atomic E-state index is 12.6. The lowest BCUT2D eigenvalue weighted by molar-refractivity contribution is -0.128. The van der Waals surface area contributed by atoms with Gasteiger partial charge in [0.15, 0.2) is 11.8 Å². The van der Waals surface area contributed by atoms with E-state index in [9.17, 15) is 9.59 Å².